The van der Waals surface area contributed by atoms with Gasteiger partial charge in [-0.05, 0) is 62.8 Å². The van der Waals surface area contributed by atoms with Gasteiger partial charge in [0.25, 0.3) is 5.56 Å². The summed E-state index contributed by atoms with van der Waals surface area (Å²) in [5.74, 6) is -0.102. The van der Waals surface area contributed by atoms with E-state index in [1.165, 1.54) is 10.9 Å². The largest absolute Gasteiger partial charge is 0.311 e. The van der Waals surface area contributed by atoms with E-state index < -0.39 is 6.04 Å². The van der Waals surface area contributed by atoms with Crippen molar-refractivity contribution in [2.75, 3.05) is 11.4 Å². The quantitative estimate of drug-likeness (QED) is 0.667. The molecule has 1 atom stereocenters. The molecule has 0 saturated heterocycles. The van der Waals surface area contributed by atoms with Crippen LogP contribution < -0.4 is 10.5 Å². The fraction of sp³-hybridized carbons (Fsp3) is 0.391. The molecule has 0 bridgehead atoms. The van der Waals surface area contributed by atoms with Crippen molar-refractivity contribution in [1.29, 1.82) is 0 Å². The average molecular weight is 390 g/mol. The smallest absolute Gasteiger partial charge is 0.263 e. The molecule has 0 N–H and O–H groups in total. The molecule has 0 radical (unpaired) electrons. The van der Waals surface area contributed by atoms with Crippen LogP contribution in [0.2, 0.25) is 0 Å². The molecule has 4 rings (SSSR count). The Hall–Kier alpha value is -3.02. The van der Waals surface area contributed by atoms with Crippen molar-refractivity contribution in [3.05, 3.63) is 64.3 Å². The van der Waals surface area contributed by atoms with Gasteiger partial charge in [-0.3, -0.25) is 14.2 Å². The molecule has 1 aliphatic rings. The molecule has 0 aliphatic heterocycles. The molecule has 6 nitrogen and oxygen atoms in total. The van der Waals surface area contributed by atoms with Crippen LogP contribution in [0.4, 0.5) is 5.69 Å². The maximum Gasteiger partial charge on any atom is 0.263 e. The Bertz CT molecular complexity index is 1090. The number of pyridine rings is 1. The van der Waals surface area contributed by atoms with Crippen molar-refractivity contribution in [2.45, 2.75) is 52.0 Å². The third-order valence-corrected chi connectivity index (χ3v) is 5.71. The number of anilines is 1. The predicted molar refractivity (Wildman–Crippen MR) is 114 cm³/mol. The van der Waals surface area contributed by atoms with Crippen LogP contribution in [0.5, 0.6) is 0 Å². The van der Waals surface area contributed by atoms with Crippen molar-refractivity contribution in [1.82, 2.24) is 14.5 Å². The molecule has 29 heavy (non-hydrogen) atoms. The second-order valence-corrected chi connectivity index (χ2v) is 7.47. The van der Waals surface area contributed by atoms with E-state index in [4.69, 9.17) is 0 Å². The van der Waals surface area contributed by atoms with Gasteiger partial charge in [-0.2, -0.15) is 0 Å². The Labute approximate surface area is 170 Å². The molecule has 1 amide bonds. The van der Waals surface area contributed by atoms with Gasteiger partial charge in [0.05, 0.1) is 5.39 Å². The lowest BCUT2D eigenvalue weighted by Crippen LogP contribution is -2.40. The fourth-order valence-corrected chi connectivity index (χ4v) is 4.15. The van der Waals surface area contributed by atoms with Crippen molar-refractivity contribution >= 4 is 22.6 Å². The summed E-state index contributed by atoms with van der Waals surface area (Å²) in [6.45, 7) is 4.39. The highest BCUT2D eigenvalue weighted by Crippen LogP contribution is 2.23. The number of aryl methyl sites for hydroxylation is 2. The first-order chi connectivity index (χ1) is 14.1. The number of rotatable bonds is 5. The van der Waals surface area contributed by atoms with Gasteiger partial charge in [0.2, 0.25) is 5.91 Å². The Morgan fingerprint density at radius 3 is 2.66 bits per heavy atom. The minimum absolute atomic E-state index is 0.102. The maximum atomic E-state index is 13.4. The zero-order valence-electron chi connectivity index (χ0n) is 17.0. The van der Waals surface area contributed by atoms with Crippen molar-refractivity contribution < 1.29 is 4.79 Å². The van der Waals surface area contributed by atoms with Crippen LogP contribution in [0.1, 0.15) is 50.4 Å². The molecular formula is C23H26N4O2. The van der Waals surface area contributed by atoms with E-state index in [1.54, 1.807) is 4.90 Å². The number of benzene rings is 1. The summed E-state index contributed by atoms with van der Waals surface area (Å²) >= 11 is 0. The number of carbonyl (C=O) groups excluding carboxylic acids is 1. The van der Waals surface area contributed by atoms with Gasteiger partial charge in [-0.15, -0.1) is 0 Å². The molecule has 0 saturated carbocycles. The van der Waals surface area contributed by atoms with Gasteiger partial charge in [-0.1, -0.05) is 25.1 Å². The predicted octanol–water partition coefficient (Wildman–Crippen LogP) is 3.67. The third kappa shape index (κ3) is 3.55. The van der Waals surface area contributed by atoms with Crippen LogP contribution in [-0.4, -0.2) is 27.0 Å². The number of hydrogen-bond acceptors (Lipinski definition) is 4. The summed E-state index contributed by atoms with van der Waals surface area (Å²) in [4.78, 5) is 37.4. The number of likely N-dealkylation sites (N-methyl/N-ethyl adjacent to an activating group) is 1. The lowest BCUT2D eigenvalue weighted by molar-refractivity contribution is -0.121. The molecule has 1 aliphatic carbocycles. The SMILES string of the molecule is CCC(C(=O)N(CC)c1ccccc1)n1cnc2nc3c(cc2c1=O)CCCC3. The Morgan fingerprint density at radius 2 is 1.93 bits per heavy atom. The van der Waals surface area contributed by atoms with Crippen LogP contribution in [0.15, 0.2) is 47.5 Å². The Kier molecular flexibility index (Phi) is 5.43. The third-order valence-electron chi connectivity index (χ3n) is 5.71. The molecule has 2 aromatic heterocycles. The summed E-state index contributed by atoms with van der Waals surface area (Å²) in [6.07, 6.45) is 6.12. The van der Waals surface area contributed by atoms with E-state index in [0.717, 1.165) is 42.6 Å². The minimum atomic E-state index is -0.601. The van der Waals surface area contributed by atoms with Crippen molar-refractivity contribution in [3.8, 4) is 0 Å². The zero-order chi connectivity index (χ0) is 20.4. The molecule has 0 fully saturated rings. The van der Waals surface area contributed by atoms with E-state index >= 15 is 0 Å². The molecule has 0 spiro atoms. The summed E-state index contributed by atoms with van der Waals surface area (Å²) in [7, 11) is 0. The van der Waals surface area contributed by atoms with E-state index in [-0.39, 0.29) is 11.5 Å². The summed E-state index contributed by atoms with van der Waals surface area (Å²) in [6, 6.07) is 10.9. The van der Waals surface area contributed by atoms with E-state index in [0.29, 0.717) is 24.0 Å². The standard InChI is InChI=1S/C23H26N4O2/c1-3-20(23(29)26(4-2)17-11-6-5-7-12-17)27-15-24-21-18(22(27)28)14-16-10-8-9-13-19(16)25-21/h5-7,11-12,14-15,20H,3-4,8-10,13H2,1-2H3. The molecule has 150 valence electrons. The van der Waals surface area contributed by atoms with Crippen molar-refractivity contribution in [3.63, 3.8) is 0 Å². The zero-order valence-corrected chi connectivity index (χ0v) is 17.0. The number of aromatic nitrogens is 3. The average Bonchev–Trinajstić information content (AvgIpc) is 2.76. The summed E-state index contributed by atoms with van der Waals surface area (Å²) in [5, 5.41) is 0.502. The van der Waals surface area contributed by atoms with Gasteiger partial charge in [0.1, 0.15) is 12.4 Å². The fourth-order valence-electron chi connectivity index (χ4n) is 4.15. The first-order valence-corrected chi connectivity index (χ1v) is 10.4. The first kappa shape index (κ1) is 19.3. The topological polar surface area (TPSA) is 68.1 Å². The van der Waals surface area contributed by atoms with Crippen molar-refractivity contribution in [2.24, 2.45) is 0 Å². The molecule has 1 aromatic carbocycles. The van der Waals surface area contributed by atoms with E-state index in [2.05, 4.69) is 9.97 Å². The number of nitrogens with zero attached hydrogens (tertiary/aromatic N) is 4. The number of para-hydroxylation sites is 1. The minimum Gasteiger partial charge on any atom is -0.311 e. The maximum absolute atomic E-state index is 13.4. The molecule has 2 heterocycles. The van der Waals surface area contributed by atoms with Crippen LogP contribution in [-0.2, 0) is 17.6 Å². The molecule has 6 heteroatoms. The van der Waals surface area contributed by atoms with Gasteiger partial charge >= 0.3 is 0 Å². The van der Waals surface area contributed by atoms with Crippen LogP contribution in [0.25, 0.3) is 11.0 Å². The van der Waals surface area contributed by atoms with Gasteiger partial charge in [0.15, 0.2) is 5.65 Å². The molecule has 3 aromatic rings. The summed E-state index contributed by atoms with van der Waals surface area (Å²) in [5.41, 5.74) is 3.30. The highest BCUT2D eigenvalue weighted by atomic mass is 16.2. The summed E-state index contributed by atoms with van der Waals surface area (Å²) < 4.78 is 1.48. The second kappa shape index (κ2) is 8.15. The van der Waals surface area contributed by atoms with Crippen LogP contribution in [0, 0.1) is 0 Å². The molecule has 1 unspecified atom stereocenters. The van der Waals surface area contributed by atoms with Gasteiger partial charge in [-0.25, -0.2) is 9.97 Å². The van der Waals surface area contributed by atoms with E-state index in [1.807, 2.05) is 50.2 Å². The number of hydrogen-bond donors (Lipinski definition) is 0. The Morgan fingerprint density at radius 1 is 1.17 bits per heavy atom. The number of carbonyl (C=O) groups is 1. The van der Waals surface area contributed by atoms with Crippen LogP contribution in [0.3, 0.4) is 0 Å². The highest BCUT2D eigenvalue weighted by molar-refractivity contribution is 5.96. The van der Waals surface area contributed by atoms with Crippen LogP contribution >= 0.6 is 0 Å². The first-order valence-electron chi connectivity index (χ1n) is 10.4. The van der Waals surface area contributed by atoms with Gasteiger partial charge in [0, 0.05) is 17.9 Å². The second-order valence-electron chi connectivity index (χ2n) is 7.47. The normalized spacial score (nSPS) is 14.4. The highest BCUT2D eigenvalue weighted by Gasteiger charge is 2.26. The Balaban J connectivity index is 1.76. The van der Waals surface area contributed by atoms with Gasteiger partial charge < -0.3 is 4.90 Å². The van der Waals surface area contributed by atoms with E-state index in [9.17, 15) is 9.59 Å². The lowest BCUT2D eigenvalue weighted by Gasteiger charge is -2.27. The number of amides is 1. The monoisotopic (exact) mass is 390 g/mol. The lowest BCUT2D eigenvalue weighted by atomic mass is 9.95. The number of fused-ring (bicyclic) bond motifs is 2. The molecular weight excluding hydrogens is 364 g/mol.